The van der Waals surface area contributed by atoms with E-state index in [4.69, 9.17) is 9.47 Å². The molecule has 156 valence electrons. The summed E-state index contributed by atoms with van der Waals surface area (Å²) in [5, 5.41) is 13.1. The first-order valence-electron chi connectivity index (χ1n) is 9.72. The summed E-state index contributed by atoms with van der Waals surface area (Å²) in [7, 11) is 0. The van der Waals surface area contributed by atoms with E-state index >= 15 is 0 Å². The van der Waals surface area contributed by atoms with Crippen LogP contribution in [0.4, 0.5) is 5.69 Å². The third kappa shape index (κ3) is 3.60. The molecule has 0 amide bonds. The van der Waals surface area contributed by atoms with Crippen molar-refractivity contribution in [1.29, 1.82) is 0 Å². The van der Waals surface area contributed by atoms with Crippen molar-refractivity contribution >= 4 is 28.9 Å². The molecule has 3 heterocycles. The zero-order valence-electron chi connectivity index (χ0n) is 16.7. The molecule has 0 N–H and O–H groups in total. The molecule has 0 atom stereocenters. The minimum Gasteiger partial charge on any atom is -0.477 e. The molecule has 7 nitrogen and oxygen atoms in total. The minimum atomic E-state index is -0.467. The third-order valence-electron chi connectivity index (χ3n) is 5.34. The topological polar surface area (TPSA) is 81.9 Å². The highest BCUT2D eigenvalue weighted by molar-refractivity contribution is 7.09. The maximum Gasteiger partial charge on any atom is 0.270 e. The maximum atomic E-state index is 13.0. The van der Waals surface area contributed by atoms with Crippen molar-refractivity contribution in [3.8, 4) is 11.5 Å². The van der Waals surface area contributed by atoms with Gasteiger partial charge in [-0.25, -0.2) is 0 Å². The number of hydrogen-bond acceptors (Lipinski definition) is 7. The summed E-state index contributed by atoms with van der Waals surface area (Å²) in [6.07, 6.45) is 1.54. The fourth-order valence-corrected chi connectivity index (χ4v) is 4.65. The van der Waals surface area contributed by atoms with Gasteiger partial charge in [-0.15, -0.1) is 11.3 Å². The number of thiophene rings is 1. The number of nitrogens with zero attached hydrogens (tertiary/aromatic N) is 2. The molecule has 1 aromatic heterocycles. The van der Waals surface area contributed by atoms with Gasteiger partial charge in [-0.1, -0.05) is 18.2 Å². The van der Waals surface area contributed by atoms with Crippen molar-refractivity contribution in [3.63, 3.8) is 0 Å². The molecular formula is C23H18N2O5S. The number of allylic oxidation sites excluding steroid dienone is 1. The summed E-state index contributed by atoms with van der Waals surface area (Å²) < 4.78 is 11.9. The Balaban J connectivity index is 1.44. The van der Waals surface area contributed by atoms with Crippen LogP contribution in [0.3, 0.4) is 0 Å². The van der Waals surface area contributed by atoms with Gasteiger partial charge < -0.3 is 9.47 Å². The summed E-state index contributed by atoms with van der Waals surface area (Å²) in [4.78, 5) is 27.0. The Bertz CT molecular complexity index is 1230. The van der Waals surface area contributed by atoms with Crippen LogP contribution in [0.1, 0.15) is 31.9 Å². The number of nitro groups is 1. The predicted octanol–water partition coefficient (Wildman–Crippen LogP) is 4.93. The van der Waals surface area contributed by atoms with E-state index in [0.29, 0.717) is 30.2 Å². The Labute approximate surface area is 182 Å². The van der Waals surface area contributed by atoms with Gasteiger partial charge >= 0.3 is 0 Å². The summed E-state index contributed by atoms with van der Waals surface area (Å²) >= 11 is 1.70. The van der Waals surface area contributed by atoms with E-state index in [1.165, 1.54) is 23.1 Å². The second-order valence-electron chi connectivity index (χ2n) is 7.50. The molecule has 31 heavy (non-hydrogen) atoms. The molecule has 2 aliphatic rings. The Morgan fingerprint density at radius 2 is 2.10 bits per heavy atom. The Morgan fingerprint density at radius 1 is 1.23 bits per heavy atom. The number of ether oxygens (including phenoxy) is 2. The van der Waals surface area contributed by atoms with Crippen LogP contribution in [0.15, 0.2) is 53.6 Å². The van der Waals surface area contributed by atoms with Gasteiger partial charge in [-0.2, -0.15) is 0 Å². The second kappa shape index (κ2) is 7.64. The zero-order valence-corrected chi connectivity index (χ0v) is 17.5. The molecular weight excluding hydrogens is 416 g/mol. The van der Waals surface area contributed by atoms with Crippen LogP contribution in [0.25, 0.3) is 6.08 Å². The van der Waals surface area contributed by atoms with Crippen molar-refractivity contribution in [3.05, 3.63) is 90.8 Å². The summed E-state index contributed by atoms with van der Waals surface area (Å²) in [6.45, 7) is 3.82. The number of fused-ring (bicyclic) bond motifs is 2. The van der Waals surface area contributed by atoms with E-state index in [2.05, 4.69) is 16.3 Å². The lowest BCUT2D eigenvalue weighted by Crippen LogP contribution is -2.31. The van der Waals surface area contributed by atoms with E-state index in [1.54, 1.807) is 23.5 Å². The van der Waals surface area contributed by atoms with Crippen molar-refractivity contribution in [1.82, 2.24) is 4.90 Å². The van der Waals surface area contributed by atoms with E-state index in [0.717, 1.165) is 23.4 Å². The number of Topliss-reactive ketones (excluding diaryl/α,β-unsaturated/α-hetero) is 1. The number of ketones is 1. The molecule has 0 radical (unpaired) electrons. The van der Waals surface area contributed by atoms with Crippen LogP contribution in [0.5, 0.6) is 11.5 Å². The third-order valence-corrected chi connectivity index (χ3v) is 6.20. The van der Waals surface area contributed by atoms with Crippen molar-refractivity contribution < 1.29 is 19.2 Å². The SMILES string of the molecule is Cc1c2c(cc3c1O/C(=C\c1cccc([N+](=O)[O-])c1)C3=O)CN(Cc1cccs1)CO2. The van der Waals surface area contributed by atoms with Gasteiger partial charge in [-0.05, 0) is 36.1 Å². The van der Waals surface area contributed by atoms with Crippen LogP contribution in [0.2, 0.25) is 0 Å². The molecule has 8 heteroatoms. The lowest BCUT2D eigenvalue weighted by molar-refractivity contribution is -0.384. The van der Waals surface area contributed by atoms with Gasteiger partial charge in [-0.3, -0.25) is 19.8 Å². The first kappa shape index (κ1) is 19.5. The Hall–Kier alpha value is -3.49. The first-order valence-corrected chi connectivity index (χ1v) is 10.6. The number of hydrogen-bond donors (Lipinski definition) is 0. The minimum absolute atomic E-state index is 0.0387. The number of nitro benzene ring substituents is 1. The quantitative estimate of drug-likeness (QED) is 0.329. The van der Waals surface area contributed by atoms with Gasteiger partial charge in [0.25, 0.3) is 5.69 Å². The normalized spacial score (nSPS) is 16.5. The second-order valence-corrected chi connectivity index (χ2v) is 8.53. The maximum absolute atomic E-state index is 13.0. The van der Waals surface area contributed by atoms with E-state index < -0.39 is 4.92 Å². The average molecular weight is 434 g/mol. The van der Waals surface area contributed by atoms with E-state index in [9.17, 15) is 14.9 Å². The lowest BCUT2D eigenvalue weighted by atomic mass is 10.00. The molecule has 0 spiro atoms. The fourth-order valence-electron chi connectivity index (χ4n) is 3.90. The molecule has 5 rings (SSSR count). The highest BCUT2D eigenvalue weighted by atomic mass is 32.1. The average Bonchev–Trinajstić information content (AvgIpc) is 3.37. The Kier molecular flexibility index (Phi) is 4.80. The van der Waals surface area contributed by atoms with Gasteiger partial charge in [0.15, 0.2) is 5.76 Å². The summed E-state index contributed by atoms with van der Waals surface area (Å²) in [5.41, 5.74) is 2.73. The molecule has 0 fully saturated rings. The molecule has 3 aromatic rings. The monoisotopic (exact) mass is 434 g/mol. The molecule has 2 aliphatic heterocycles. The van der Waals surface area contributed by atoms with Crippen LogP contribution < -0.4 is 9.47 Å². The standard InChI is InChI=1S/C23H18N2O5S/c1-14-22-16(11-24(13-29-22)12-18-6-3-7-31-18)10-19-21(26)20(30-23(14)19)9-15-4-2-5-17(8-15)25(27)28/h2-10H,11-13H2,1H3/b20-9-. The van der Waals surface area contributed by atoms with Gasteiger partial charge in [0.2, 0.25) is 5.78 Å². The largest absolute Gasteiger partial charge is 0.477 e. The highest BCUT2D eigenvalue weighted by Gasteiger charge is 2.33. The summed E-state index contributed by atoms with van der Waals surface area (Å²) in [6, 6.07) is 12.1. The van der Waals surface area contributed by atoms with Crippen molar-refractivity contribution in [2.75, 3.05) is 6.73 Å². The van der Waals surface area contributed by atoms with Crippen molar-refractivity contribution in [2.45, 2.75) is 20.0 Å². The van der Waals surface area contributed by atoms with E-state index in [-0.39, 0.29) is 17.2 Å². The van der Waals surface area contributed by atoms with Gasteiger partial charge in [0.05, 0.1) is 10.5 Å². The Morgan fingerprint density at radius 3 is 2.87 bits per heavy atom. The van der Waals surface area contributed by atoms with Crippen LogP contribution in [0, 0.1) is 17.0 Å². The van der Waals surface area contributed by atoms with Crippen molar-refractivity contribution in [2.24, 2.45) is 0 Å². The number of benzene rings is 2. The highest BCUT2D eigenvalue weighted by Crippen LogP contribution is 2.43. The van der Waals surface area contributed by atoms with Gasteiger partial charge in [0, 0.05) is 41.2 Å². The first-order chi connectivity index (χ1) is 15.0. The lowest BCUT2D eigenvalue weighted by Gasteiger charge is -2.30. The smallest absolute Gasteiger partial charge is 0.270 e. The number of carbonyl (C=O) groups is 1. The molecule has 2 aromatic carbocycles. The zero-order chi connectivity index (χ0) is 21.5. The predicted molar refractivity (Wildman–Crippen MR) is 116 cm³/mol. The molecule has 0 saturated heterocycles. The summed E-state index contributed by atoms with van der Waals surface area (Å²) in [5.74, 6) is 1.16. The van der Waals surface area contributed by atoms with Crippen LogP contribution in [-0.4, -0.2) is 22.3 Å². The molecule has 0 unspecified atom stereocenters. The fraction of sp³-hybridized carbons (Fsp3) is 0.174. The van der Waals surface area contributed by atoms with Crippen LogP contribution >= 0.6 is 11.3 Å². The van der Waals surface area contributed by atoms with Gasteiger partial charge in [0.1, 0.15) is 18.2 Å². The molecule has 0 aliphatic carbocycles. The van der Waals surface area contributed by atoms with Crippen LogP contribution in [-0.2, 0) is 13.1 Å². The number of non-ortho nitro benzene ring substituents is 1. The number of carbonyl (C=O) groups excluding carboxylic acids is 1. The molecule has 0 bridgehead atoms. The molecule has 0 saturated carbocycles. The number of rotatable bonds is 4. The van der Waals surface area contributed by atoms with E-state index in [1.807, 2.05) is 19.1 Å².